The number of hydrogen-bond donors (Lipinski definition) is 0. The fraction of sp³-hybridized carbons (Fsp3) is 0.667. The molecule has 5 nitrogen and oxygen atoms in total. The van der Waals surface area contributed by atoms with Crippen molar-refractivity contribution in [2.45, 2.75) is 45.6 Å². The SMILES string of the molecule is COC(=O)c1cnc(N(C)C2CCC(C)(C)CC2)cn1. The molecule has 1 aliphatic rings. The van der Waals surface area contributed by atoms with Gasteiger partial charge in [0.05, 0.1) is 19.5 Å². The molecule has 1 heterocycles. The summed E-state index contributed by atoms with van der Waals surface area (Å²) >= 11 is 0. The van der Waals surface area contributed by atoms with Crippen LogP contribution in [0, 0.1) is 5.41 Å². The molecule has 20 heavy (non-hydrogen) atoms. The molecule has 2 rings (SSSR count). The van der Waals surface area contributed by atoms with Crippen LogP contribution in [0.4, 0.5) is 5.82 Å². The minimum absolute atomic E-state index is 0.245. The molecule has 0 spiro atoms. The Morgan fingerprint density at radius 3 is 2.45 bits per heavy atom. The summed E-state index contributed by atoms with van der Waals surface area (Å²) in [5.41, 5.74) is 0.701. The average Bonchev–Trinajstić information content (AvgIpc) is 2.46. The monoisotopic (exact) mass is 277 g/mol. The van der Waals surface area contributed by atoms with Gasteiger partial charge in [-0.1, -0.05) is 13.8 Å². The Labute approximate surface area is 120 Å². The van der Waals surface area contributed by atoms with Crippen molar-refractivity contribution in [1.82, 2.24) is 9.97 Å². The molecule has 0 amide bonds. The summed E-state index contributed by atoms with van der Waals surface area (Å²) < 4.78 is 4.62. The molecule has 5 heteroatoms. The van der Waals surface area contributed by atoms with Crippen LogP contribution in [0.25, 0.3) is 0 Å². The van der Waals surface area contributed by atoms with Crippen molar-refractivity contribution in [3.63, 3.8) is 0 Å². The maximum Gasteiger partial charge on any atom is 0.358 e. The van der Waals surface area contributed by atoms with Crippen LogP contribution in [0.1, 0.15) is 50.0 Å². The minimum Gasteiger partial charge on any atom is -0.464 e. The van der Waals surface area contributed by atoms with Gasteiger partial charge >= 0.3 is 5.97 Å². The lowest BCUT2D eigenvalue weighted by Crippen LogP contribution is -2.37. The number of hydrogen-bond acceptors (Lipinski definition) is 5. The topological polar surface area (TPSA) is 55.3 Å². The molecule has 0 atom stereocenters. The van der Waals surface area contributed by atoms with E-state index in [2.05, 4.69) is 33.5 Å². The van der Waals surface area contributed by atoms with Crippen molar-refractivity contribution in [3.8, 4) is 0 Å². The van der Waals surface area contributed by atoms with E-state index < -0.39 is 5.97 Å². The van der Waals surface area contributed by atoms with Gasteiger partial charge in [-0.05, 0) is 31.1 Å². The Bertz CT molecular complexity index is 461. The summed E-state index contributed by atoms with van der Waals surface area (Å²) in [6.45, 7) is 4.66. The lowest BCUT2D eigenvalue weighted by molar-refractivity contribution is 0.0593. The van der Waals surface area contributed by atoms with Crippen LogP contribution in [0.15, 0.2) is 12.4 Å². The first kappa shape index (κ1) is 14.8. The van der Waals surface area contributed by atoms with E-state index in [1.165, 1.54) is 39.0 Å². The predicted molar refractivity (Wildman–Crippen MR) is 77.8 cm³/mol. The number of anilines is 1. The highest BCUT2D eigenvalue weighted by molar-refractivity contribution is 5.86. The normalized spacial score (nSPS) is 18.6. The maximum atomic E-state index is 11.3. The molecule has 1 aliphatic carbocycles. The largest absolute Gasteiger partial charge is 0.464 e. The van der Waals surface area contributed by atoms with Gasteiger partial charge in [-0.3, -0.25) is 0 Å². The summed E-state index contributed by atoms with van der Waals surface area (Å²) in [4.78, 5) is 21.9. The van der Waals surface area contributed by atoms with E-state index in [1.807, 2.05) is 7.05 Å². The molecule has 0 aliphatic heterocycles. The first-order valence-corrected chi connectivity index (χ1v) is 7.06. The fourth-order valence-corrected chi connectivity index (χ4v) is 2.67. The third-order valence-corrected chi connectivity index (χ3v) is 4.25. The van der Waals surface area contributed by atoms with Crippen LogP contribution in [-0.2, 0) is 4.74 Å². The molecule has 1 aromatic rings. The Kier molecular flexibility index (Phi) is 4.26. The molecule has 0 radical (unpaired) electrons. The van der Waals surface area contributed by atoms with Gasteiger partial charge in [0.1, 0.15) is 5.82 Å². The third-order valence-electron chi connectivity index (χ3n) is 4.25. The molecule has 0 unspecified atom stereocenters. The van der Waals surface area contributed by atoms with Crippen molar-refractivity contribution < 1.29 is 9.53 Å². The van der Waals surface area contributed by atoms with E-state index in [0.717, 1.165) is 5.82 Å². The number of methoxy groups -OCH3 is 1. The van der Waals surface area contributed by atoms with Gasteiger partial charge in [0, 0.05) is 13.1 Å². The van der Waals surface area contributed by atoms with E-state index in [0.29, 0.717) is 11.5 Å². The second-order valence-corrected chi connectivity index (χ2v) is 6.26. The van der Waals surface area contributed by atoms with Crippen LogP contribution in [0.2, 0.25) is 0 Å². The van der Waals surface area contributed by atoms with E-state index in [4.69, 9.17) is 0 Å². The van der Waals surface area contributed by atoms with Crippen LogP contribution in [-0.4, -0.2) is 36.1 Å². The zero-order valence-corrected chi connectivity index (χ0v) is 12.7. The molecule has 1 aromatic heterocycles. The first-order valence-electron chi connectivity index (χ1n) is 7.06. The Balaban J connectivity index is 2.02. The molecule has 0 N–H and O–H groups in total. The smallest absolute Gasteiger partial charge is 0.358 e. The Morgan fingerprint density at radius 1 is 1.30 bits per heavy atom. The van der Waals surface area contributed by atoms with Gasteiger partial charge in [-0.2, -0.15) is 0 Å². The quantitative estimate of drug-likeness (QED) is 0.795. The van der Waals surface area contributed by atoms with Crippen molar-refractivity contribution in [2.75, 3.05) is 19.1 Å². The van der Waals surface area contributed by atoms with Gasteiger partial charge in [-0.25, -0.2) is 14.8 Å². The molecule has 1 fully saturated rings. The van der Waals surface area contributed by atoms with Crippen LogP contribution >= 0.6 is 0 Å². The highest BCUT2D eigenvalue weighted by Crippen LogP contribution is 2.37. The van der Waals surface area contributed by atoms with Crippen molar-refractivity contribution in [2.24, 2.45) is 5.41 Å². The lowest BCUT2D eigenvalue weighted by Gasteiger charge is -2.38. The summed E-state index contributed by atoms with van der Waals surface area (Å²) in [5, 5.41) is 0. The van der Waals surface area contributed by atoms with E-state index in [1.54, 1.807) is 6.20 Å². The number of carbonyl (C=O) groups is 1. The summed E-state index contributed by atoms with van der Waals surface area (Å²) in [7, 11) is 3.39. The van der Waals surface area contributed by atoms with Gasteiger partial charge in [0.2, 0.25) is 0 Å². The van der Waals surface area contributed by atoms with E-state index in [-0.39, 0.29) is 5.69 Å². The van der Waals surface area contributed by atoms with Gasteiger partial charge in [0.15, 0.2) is 5.69 Å². The summed E-state index contributed by atoms with van der Waals surface area (Å²) in [6, 6.07) is 0.501. The van der Waals surface area contributed by atoms with Gasteiger partial charge in [0.25, 0.3) is 0 Å². The van der Waals surface area contributed by atoms with Crippen molar-refractivity contribution in [1.29, 1.82) is 0 Å². The van der Waals surface area contributed by atoms with E-state index in [9.17, 15) is 4.79 Å². The average molecular weight is 277 g/mol. The molecule has 0 bridgehead atoms. The highest BCUT2D eigenvalue weighted by Gasteiger charge is 2.29. The molecule has 110 valence electrons. The standard InChI is InChI=1S/C15H23N3O2/c1-15(2)7-5-11(6-8-15)18(3)13-10-16-12(9-17-13)14(19)20-4/h9-11H,5-8H2,1-4H3. The van der Waals surface area contributed by atoms with Crippen molar-refractivity contribution in [3.05, 3.63) is 18.1 Å². The minimum atomic E-state index is -0.453. The molecule has 1 saturated carbocycles. The van der Waals surface area contributed by atoms with Crippen molar-refractivity contribution >= 4 is 11.8 Å². The third kappa shape index (κ3) is 3.26. The van der Waals surface area contributed by atoms with Gasteiger partial charge in [-0.15, -0.1) is 0 Å². The zero-order valence-electron chi connectivity index (χ0n) is 12.7. The predicted octanol–water partition coefficient (Wildman–Crippen LogP) is 2.67. The number of ether oxygens (including phenoxy) is 1. The zero-order chi connectivity index (χ0) is 14.8. The number of rotatable bonds is 3. The molecule has 0 aromatic carbocycles. The Morgan fingerprint density at radius 2 is 1.95 bits per heavy atom. The number of carbonyl (C=O) groups excluding carboxylic acids is 1. The molecular weight excluding hydrogens is 254 g/mol. The molecular formula is C15H23N3O2. The van der Waals surface area contributed by atoms with Crippen LogP contribution in [0.3, 0.4) is 0 Å². The number of esters is 1. The first-order chi connectivity index (χ1) is 9.43. The summed E-state index contributed by atoms with van der Waals surface area (Å²) in [6.07, 6.45) is 7.93. The second kappa shape index (κ2) is 5.77. The molecule has 0 saturated heterocycles. The Hall–Kier alpha value is -1.65. The second-order valence-electron chi connectivity index (χ2n) is 6.26. The van der Waals surface area contributed by atoms with Crippen LogP contribution < -0.4 is 4.90 Å². The number of aromatic nitrogens is 2. The van der Waals surface area contributed by atoms with E-state index >= 15 is 0 Å². The van der Waals surface area contributed by atoms with Crippen LogP contribution in [0.5, 0.6) is 0 Å². The maximum absolute atomic E-state index is 11.3. The highest BCUT2D eigenvalue weighted by atomic mass is 16.5. The lowest BCUT2D eigenvalue weighted by atomic mass is 9.75. The fourth-order valence-electron chi connectivity index (χ4n) is 2.67. The van der Waals surface area contributed by atoms with Gasteiger partial charge < -0.3 is 9.64 Å². The number of nitrogens with zero attached hydrogens (tertiary/aromatic N) is 3. The summed E-state index contributed by atoms with van der Waals surface area (Å²) in [5.74, 6) is 0.355.